The number of hydrogen-bond acceptors (Lipinski definition) is 2. The van der Waals surface area contributed by atoms with Crippen molar-refractivity contribution < 1.29 is 0 Å². The van der Waals surface area contributed by atoms with Crippen LogP contribution in [0.4, 0.5) is 5.82 Å². The highest BCUT2D eigenvalue weighted by Crippen LogP contribution is 2.21. The Bertz CT molecular complexity index is 269. The summed E-state index contributed by atoms with van der Waals surface area (Å²) in [7, 11) is 0. The van der Waals surface area contributed by atoms with E-state index >= 15 is 0 Å². The van der Waals surface area contributed by atoms with Gasteiger partial charge in [0.1, 0.15) is 5.82 Å². The summed E-state index contributed by atoms with van der Waals surface area (Å²) in [5.74, 6) is 1.09. The second-order valence-corrected chi connectivity index (χ2v) is 2.99. The van der Waals surface area contributed by atoms with Crippen LogP contribution in [-0.2, 0) is 6.42 Å². The molecule has 0 unspecified atom stereocenters. The van der Waals surface area contributed by atoms with Crippen LogP contribution in [0.2, 0.25) is 0 Å². The van der Waals surface area contributed by atoms with E-state index in [0.717, 1.165) is 12.4 Å². The largest absolute Gasteiger partial charge is 0.370 e. The minimum Gasteiger partial charge on any atom is -0.370 e. The average molecular weight is 178 g/mol. The number of nitrogens with zero attached hydrogens (tertiary/aromatic N) is 1. The van der Waals surface area contributed by atoms with E-state index < -0.39 is 0 Å². The summed E-state index contributed by atoms with van der Waals surface area (Å²) in [5.41, 5.74) is 2.76. The van der Waals surface area contributed by atoms with Gasteiger partial charge in [-0.2, -0.15) is 0 Å². The van der Waals surface area contributed by atoms with Crippen molar-refractivity contribution in [3.8, 4) is 0 Å². The number of fused-ring (bicyclic) bond motifs is 1. The summed E-state index contributed by atoms with van der Waals surface area (Å²) < 4.78 is 0. The lowest BCUT2D eigenvalue weighted by Gasteiger charge is -2.17. The van der Waals surface area contributed by atoms with Crippen LogP contribution < -0.4 is 5.32 Å². The van der Waals surface area contributed by atoms with Gasteiger partial charge in [-0.25, -0.2) is 4.98 Å². The summed E-state index contributed by atoms with van der Waals surface area (Å²) in [6, 6.07) is 2.08. The van der Waals surface area contributed by atoms with Gasteiger partial charge in [0.15, 0.2) is 0 Å². The Morgan fingerprint density at radius 3 is 2.85 bits per heavy atom. The van der Waals surface area contributed by atoms with E-state index in [1.165, 1.54) is 24.0 Å². The number of pyridine rings is 1. The van der Waals surface area contributed by atoms with Crippen molar-refractivity contribution in [1.29, 1.82) is 0 Å². The predicted octanol–water partition coefficient (Wildman–Crippen LogP) is 2.77. The Hall–Kier alpha value is -1.05. The van der Waals surface area contributed by atoms with Gasteiger partial charge in [-0.3, -0.25) is 0 Å². The first-order valence-electron chi connectivity index (χ1n) is 5.06. The molecule has 2 heteroatoms. The minimum atomic E-state index is 1.07. The predicted molar refractivity (Wildman–Crippen MR) is 57.1 cm³/mol. The van der Waals surface area contributed by atoms with E-state index in [1.807, 2.05) is 20.0 Å². The molecule has 2 rings (SSSR count). The zero-order valence-electron chi connectivity index (χ0n) is 8.72. The minimum absolute atomic E-state index is 1.07. The van der Waals surface area contributed by atoms with Gasteiger partial charge in [0, 0.05) is 12.7 Å². The SMILES string of the molecule is CC.Cc1ccnc2c1CCCN2. The summed E-state index contributed by atoms with van der Waals surface area (Å²) in [4.78, 5) is 4.27. The number of nitrogens with one attached hydrogen (secondary N) is 1. The van der Waals surface area contributed by atoms with Gasteiger partial charge >= 0.3 is 0 Å². The summed E-state index contributed by atoms with van der Waals surface area (Å²) >= 11 is 0. The Morgan fingerprint density at radius 2 is 2.15 bits per heavy atom. The lowest BCUT2D eigenvalue weighted by atomic mass is 10.0. The van der Waals surface area contributed by atoms with Crippen molar-refractivity contribution in [1.82, 2.24) is 4.98 Å². The van der Waals surface area contributed by atoms with Crippen LogP contribution in [0.25, 0.3) is 0 Å². The molecule has 1 aliphatic rings. The van der Waals surface area contributed by atoms with Crippen molar-refractivity contribution in [2.75, 3.05) is 11.9 Å². The van der Waals surface area contributed by atoms with E-state index in [9.17, 15) is 0 Å². The molecule has 1 N–H and O–H groups in total. The highest BCUT2D eigenvalue weighted by molar-refractivity contribution is 5.49. The maximum Gasteiger partial charge on any atom is 0.129 e. The van der Waals surface area contributed by atoms with Gasteiger partial charge in [0.25, 0.3) is 0 Å². The molecule has 1 aliphatic heterocycles. The maximum absolute atomic E-state index is 4.27. The molecule has 0 spiro atoms. The van der Waals surface area contributed by atoms with Crippen LogP contribution in [0, 0.1) is 6.92 Å². The number of aryl methyl sites for hydroxylation is 1. The highest BCUT2D eigenvalue weighted by Gasteiger charge is 2.10. The van der Waals surface area contributed by atoms with Gasteiger partial charge in [-0.1, -0.05) is 13.8 Å². The third-order valence-electron chi connectivity index (χ3n) is 2.19. The fraction of sp³-hybridized carbons (Fsp3) is 0.545. The Labute approximate surface area is 80.4 Å². The topological polar surface area (TPSA) is 24.9 Å². The summed E-state index contributed by atoms with van der Waals surface area (Å²) in [6.07, 6.45) is 4.29. The van der Waals surface area contributed by atoms with Gasteiger partial charge in [0.2, 0.25) is 0 Å². The first-order valence-corrected chi connectivity index (χ1v) is 5.06. The number of hydrogen-bond donors (Lipinski definition) is 1. The van der Waals surface area contributed by atoms with Crippen LogP contribution in [0.3, 0.4) is 0 Å². The molecule has 72 valence electrons. The Morgan fingerprint density at radius 1 is 1.38 bits per heavy atom. The van der Waals surface area contributed by atoms with Crippen LogP contribution in [-0.4, -0.2) is 11.5 Å². The average Bonchev–Trinajstić information content (AvgIpc) is 2.22. The zero-order chi connectivity index (χ0) is 9.68. The lowest BCUT2D eigenvalue weighted by molar-refractivity contribution is 0.811. The van der Waals surface area contributed by atoms with Crippen LogP contribution in [0.15, 0.2) is 12.3 Å². The van der Waals surface area contributed by atoms with E-state index in [2.05, 4.69) is 23.3 Å². The second kappa shape index (κ2) is 4.85. The molecule has 0 saturated carbocycles. The molecule has 0 amide bonds. The fourth-order valence-corrected chi connectivity index (χ4v) is 1.53. The van der Waals surface area contributed by atoms with Crippen molar-refractivity contribution >= 4 is 5.82 Å². The summed E-state index contributed by atoms with van der Waals surface area (Å²) in [5, 5.41) is 3.29. The molecule has 2 heterocycles. The smallest absolute Gasteiger partial charge is 0.129 e. The molecule has 0 saturated heterocycles. The molecule has 13 heavy (non-hydrogen) atoms. The number of aromatic nitrogens is 1. The molecule has 0 radical (unpaired) electrons. The van der Waals surface area contributed by atoms with Crippen LogP contribution in [0.1, 0.15) is 31.4 Å². The summed E-state index contributed by atoms with van der Waals surface area (Å²) in [6.45, 7) is 7.22. The quantitative estimate of drug-likeness (QED) is 0.660. The monoisotopic (exact) mass is 178 g/mol. The Kier molecular flexibility index (Phi) is 3.74. The van der Waals surface area contributed by atoms with E-state index in [-0.39, 0.29) is 0 Å². The van der Waals surface area contributed by atoms with Crippen LogP contribution >= 0.6 is 0 Å². The maximum atomic E-state index is 4.27. The van der Waals surface area contributed by atoms with Crippen molar-refractivity contribution in [3.63, 3.8) is 0 Å². The molecular weight excluding hydrogens is 160 g/mol. The van der Waals surface area contributed by atoms with Gasteiger partial charge in [-0.15, -0.1) is 0 Å². The highest BCUT2D eigenvalue weighted by atomic mass is 15.0. The van der Waals surface area contributed by atoms with Gasteiger partial charge in [-0.05, 0) is 37.0 Å². The fourth-order valence-electron chi connectivity index (χ4n) is 1.53. The second-order valence-electron chi connectivity index (χ2n) is 2.99. The first kappa shape index (κ1) is 10.0. The van der Waals surface area contributed by atoms with Gasteiger partial charge < -0.3 is 5.32 Å². The molecular formula is C11H18N2. The first-order chi connectivity index (χ1) is 6.38. The van der Waals surface area contributed by atoms with E-state index in [4.69, 9.17) is 0 Å². The van der Waals surface area contributed by atoms with Crippen molar-refractivity contribution in [3.05, 3.63) is 23.4 Å². The van der Waals surface area contributed by atoms with Gasteiger partial charge in [0.05, 0.1) is 0 Å². The molecule has 2 nitrogen and oxygen atoms in total. The normalized spacial score (nSPS) is 13.5. The lowest BCUT2D eigenvalue weighted by Crippen LogP contribution is -2.13. The third-order valence-corrected chi connectivity index (χ3v) is 2.19. The molecule has 0 aromatic carbocycles. The molecule has 0 fully saturated rings. The number of anilines is 1. The third kappa shape index (κ3) is 2.20. The molecule has 0 atom stereocenters. The van der Waals surface area contributed by atoms with Crippen LogP contribution in [0.5, 0.6) is 0 Å². The molecule has 1 aromatic heterocycles. The zero-order valence-corrected chi connectivity index (χ0v) is 8.72. The molecule has 1 aromatic rings. The van der Waals surface area contributed by atoms with E-state index in [0.29, 0.717) is 0 Å². The standard InChI is InChI=1S/C9H12N2.C2H6/c1-7-4-6-11-9-8(7)3-2-5-10-9;1-2/h4,6H,2-3,5H2,1H3,(H,10,11);1-2H3. The Balaban J connectivity index is 0.000000396. The van der Waals surface area contributed by atoms with E-state index in [1.54, 1.807) is 0 Å². The molecule has 0 bridgehead atoms. The number of rotatable bonds is 0. The van der Waals surface area contributed by atoms with Crippen molar-refractivity contribution in [2.45, 2.75) is 33.6 Å². The molecule has 0 aliphatic carbocycles. The van der Waals surface area contributed by atoms with Crippen molar-refractivity contribution in [2.24, 2.45) is 0 Å².